The van der Waals surface area contributed by atoms with Crippen molar-refractivity contribution >= 4 is 35.3 Å². The lowest BCUT2D eigenvalue weighted by Gasteiger charge is -2.15. The first-order valence-corrected chi connectivity index (χ1v) is 8.20. The number of hydrogen-bond donors (Lipinski definition) is 2. The molecule has 2 atom stereocenters. The van der Waals surface area contributed by atoms with E-state index in [0.717, 1.165) is 34.8 Å². The normalized spacial score (nSPS) is 20.8. The molecule has 6 heteroatoms. The van der Waals surface area contributed by atoms with Crippen LogP contribution in [0.5, 0.6) is 0 Å². The fraction of sp³-hybridized carbons (Fsp3) is 0.294. The van der Waals surface area contributed by atoms with Crippen molar-refractivity contribution in [3.05, 3.63) is 57.2 Å². The summed E-state index contributed by atoms with van der Waals surface area (Å²) in [6, 6.07) is 5.61. The minimum absolute atomic E-state index is 0.0739. The van der Waals surface area contributed by atoms with Crippen LogP contribution >= 0.6 is 23.2 Å². The standard InChI is InChI=1S/C17H17Cl2N3O/c1-10(17-21-15-5-4-13(18)7-16(15)22-17)20-8-11-2-3-12(9-23)14(19)6-11/h2-6,9-10,16,20H,7-8H2,1H3,(H,21,22)/t10-,16?/m0/s1. The van der Waals surface area contributed by atoms with Crippen LogP contribution in [0, 0.1) is 0 Å². The van der Waals surface area contributed by atoms with Crippen molar-refractivity contribution in [1.82, 2.24) is 10.6 Å². The lowest BCUT2D eigenvalue weighted by atomic mass is 10.1. The number of halogens is 2. The zero-order chi connectivity index (χ0) is 16.4. The van der Waals surface area contributed by atoms with Gasteiger partial charge < -0.3 is 10.6 Å². The van der Waals surface area contributed by atoms with E-state index in [9.17, 15) is 4.79 Å². The highest BCUT2D eigenvalue weighted by molar-refractivity contribution is 6.33. The first-order valence-electron chi connectivity index (χ1n) is 7.45. The van der Waals surface area contributed by atoms with Gasteiger partial charge in [-0.15, -0.1) is 0 Å². The molecule has 1 aliphatic heterocycles. The first-order chi connectivity index (χ1) is 11.1. The van der Waals surface area contributed by atoms with Gasteiger partial charge in [-0.25, -0.2) is 0 Å². The van der Waals surface area contributed by atoms with Gasteiger partial charge in [0.25, 0.3) is 0 Å². The molecule has 0 saturated carbocycles. The summed E-state index contributed by atoms with van der Waals surface area (Å²) in [7, 11) is 0. The van der Waals surface area contributed by atoms with Gasteiger partial charge in [0.05, 0.1) is 17.1 Å². The number of hydrogen-bond acceptors (Lipinski definition) is 4. The Kier molecular flexibility index (Phi) is 4.85. The third kappa shape index (κ3) is 3.66. The number of carbonyl (C=O) groups excluding carboxylic acids is 1. The Hall–Kier alpha value is -1.62. The summed E-state index contributed by atoms with van der Waals surface area (Å²) < 4.78 is 0. The van der Waals surface area contributed by atoms with Crippen LogP contribution in [0.2, 0.25) is 5.02 Å². The molecule has 1 aliphatic carbocycles. The van der Waals surface area contributed by atoms with Crippen molar-refractivity contribution in [3.8, 4) is 0 Å². The molecule has 0 fully saturated rings. The van der Waals surface area contributed by atoms with E-state index in [1.807, 2.05) is 18.2 Å². The Morgan fingerprint density at radius 1 is 1.43 bits per heavy atom. The van der Waals surface area contributed by atoms with Gasteiger partial charge in [-0.1, -0.05) is 29.3 Å². The molecule has 2 N–H and O–H groups in total. The molecule has 3 rings (SSSR count). The minimum Gasteiger partial charge on any atom is -0.344 e. The number of aliphatic imine (C=N–C) groups is 1. The summed E-state index contributed by atoms with van der Waals surface area (Å²) in [5.41, 5.74) is 2.62. The van der Waals surface area contributed by atoms with Crippen molar-refractivity contribution in [2.75, 3.05) is 0 Å². The average molecular weight is 350 g/mol. The largest absolute Gasteiger partial charge is 0.344 e. The van der Waals surface area contributed by atoms with Gasteiger partial charge in [0.15, 0.2) is 6.29 Å². The number of rotatable bonds is 5. The molecule has 0 radical (unpaired) electrons. The van der Waals surface area contributed by atoms with E-state index in [1.165, 1.54) is 0 Å². The highest BCUT2D eigenvalue weighted by atomic mass is 35.5. The topological polar surface area (TPSA) is 53.5 Å². The quantitative estimate of drug-likeness (QED) is 0.801. The molecule has 0 bridgehead atoms. The van der Waals surface area contributed by atoms with Crippen LogP contribution in [0.15, 0.2) is 46.1 Å². The third-order valence-corrected chi connectivity index (χ3v) is 4.58. The number of fused-ring (bicyclic) bond motifs is 1. The summed E-state index contributed by atoms with van der Waals surface area (Å²) in [5.74, 6) is 0.914. The fourth-order valence-electron chi connectivity index (χ4n) is 2.61. The Balaban J connectivity index is 1.60. The molecule has 23 heavy (non-hydrogen) atoms. The number of nitrogens with zero attached hydrogens (tertiary/aromatic N) is 1. The molecule has 2 aliphatic rings. The lowest BCUT2D eigenvalue weighted by molar-refractivity contribution is 0.112. The molecule has 1 unspecified atom stereocenters. The molecular formula is C17H17Cl2N3O. The molecular weight excluding hydrogens is 333 g/mol. The van der Waals surface area contributed by atoms with Crippen LogP contribution in [0.4, 0.5) is 0 Å². The number of carbonyl (C=O) groups is 1. The van der Waals surface area contributed by atoms with Crippen LogP contribution in [0.3, 0.4) is 0 Å². The maximum Gasteiger partial charge on any atom is 0.151 e. The van der Waals surface area contributed by atoms with Crippen LogP contribution < -0.4 is 10.6 Å². The molecule has 0 spiro atoms. The van der Waals surface area contributed by atoms with Crippen molar-refractivity contribution in [2.45, 2.75) is 32.0 Å². The van der Waals surface area contributed by atoms with Crippen LogP contribution in [-0.4, -0.2) is 24.2 Å². The molecule has 0 aromatic heterocycles. The van der Waals surface area contributed by atoms with Crippen molar-refractivity contribution in [2.24, 2.45) is 4.99 Å². The van der Waals surface area contributed by atoms with E-state index in [2.05, 4.69) is 17.6 Å². The second kappa shape index (κ2) is 6.87. The summed E-state index contributed by atoms with van der Waals surface area (Å²) in [5, 5.41) is 8.06. The smallest absolute Gasteiger partial charge is 0.151 e. The second-order valence-electron chi connectivity index (χ2n) is 5.67. The van der Waals surface area contributed by atoms with Gasteiger partial charge in [-0.05, 0) is 36.8 Å². The third-order valence-electron chi connectivity index (χ3n) is 3.97. The summed E-state index contributed by atoms with van der Waals surface area (Å²) in [4.78, 5) is 15.5. The molecule has 0 amide bonds. The number of amidine groups is 1. The van der Waals surface area contributed by atoms with E-state index in [4.69, 9.17) is 28.2 Å². The summed E-state index contributed by atoms with van der Waals surface area (Å²) in [6.07, 6.45) is 5.40. The Morgan fingerprint density at radius 3 is 3.00 bits per heavy atom. The minimum atomic E-state index is 0.0739. The van der Waals surface area contributed by atoms with Crippen molar-refractivity contribution < 1.29 is 4.79 Å². The van der Waals surface area contributed by atoms with Crippen LogP contribution in [-0.2, 0) is 6.54 Å². The average Bonchev–Trinajstić information content (AvgIpc) is 2.95. The number of benzene rings is 1. The fourth-order valence-corrected chi connectivity index (χ4v) is 3.06. The zero-order valence-electron chi connectivity index (χ0n) is 12.6. The number of nitrogens with one attached hydrogen (secondary N) is 2. The maximum atomic E-state index is 10.8. The number of allylic oxidation sites excluding steroid dienone is 2. The highest BCUT2D eigenvalue weighted by Gasteiger charge is 2.27. The Labute approximate surface area is 145 Å². The molecule has 1 aromatic rings. The van der Waals surface area contributed by atoms with Gasteiger partial charge in [-0.3, -0.25) is 9.79 Å². The molecule has 0 saturated heterocycles. The highest BCUT2D eigenvalue weighted by Crippen LogP contribution is 2.26. The van der Waals surface area contributed by atoms with Crippen LogP contribution in [0.25, 0.3) is 0 Å². The monoisotopic (exact) mass is 349 g/mol. The molecule has 4 nitrogen and oxygen atoms in total. The predicted molar refractivity (Wildman–Crippen MR) is 94.1 cm³/mol. The van der Waals surface area contributed by atoms with E-state index in [1.54, 1.807) is 12.1 Å². The van der Waals surface area contributed by atoms with Crippen molar-refractivity contribution in [3.63, 3.8) is 0 Å². The van der Waals surface area contributed by atoms with Gasteiger partial charge in [0.1, 0.15) is 5.84 Å². The first kappa shape index (κ1) is 16.2. The molecule has 1 aromatic carbocycles. The second-order valence-corrected chi connectivity index (χ2v) is 6.56. The summed E-state index contributed by atoms with van der Waals surface area (Å²) >= 11 is 12.1. The lowest BCUT2D eigenvalue weighted by Crippen LogP contribution is -2.39. The van der Waals surface area contributed by atoms with Gasteiger partial charge in [-0.2, -0.15) is 0 Å². The van der Waals surface area contributed by atoms with E-state index in [0.29, 0.717) is 17.1 Å². The Morgan fingerprint density at radius 2 is 2.26 bits per heavy atom. The van der Waals surface area contributed by atoms with Crippen molar-refractivity contribution in [1.29, 1.82) is 0 Å². The van der Waals surface area contributed by atoms with Gasteiger partial charge in [0.2, 0.25) is 0 Å². The van der Waals surface area contributed by atoms with Crippen LogP contribution in [0.1, 0.15) is 29.3 Å². The van der Waals surface area contributed by atoms with E-state index in [-0.39, 0.29) is 12.1 Å². The van der Waals surface area contributed by atoms with E-state index < -0.39 is 0 Å². The maximum absolute atomic E-state index is 10.8. The van der Waals surface area contributed by atoms with Gasteiger partial charge >= 0.3 is 0 Å². The Bertz CT molecular complexity index is 725. The predicted octanol–water partition coefficient (Wildman–Crippen LogP) is 3.41. The number of aldehydes is 1. The summed E-state index contributed by atoms with van der Waals surface area (Å²) in [6.45, 7) is 2.70. The molecule has 1 heterocycles. The zero-order valence-corrected chi connectivity index (χ0v) is 14.2. The SMILES string of the molecule is C[C@H](NCc1ccc(C=O)c(Cl)c1)C1=NC2CC(Cl)=CC=C2N1. The molecule has 120 valence electrons. The van der Waals surface area contributed by atoms with E-state index >= 15 is 0 Å². The van der Waals surface area contributed by atoms with Gasteiger partial charge in [0, 0.05) is 29.3 Å².